The van der Waals surface area contributed by atoms with Crippen molar-refractivity contribution >= 4 is 63.6 Å². The Morgan fingerprint density at radius 1 is 1.05 bits per heavy atom. The van der Waals surface area contributed by atoms with Gasteiger partial charge in [-0.3, -0.25) is 14.6 Å². The Morgan fingerprint density at radius 2 is 1.82 bits per heavy atom. The van der Waals surface area contributed by atoms with Crippen molar-refractivity contribution in [3.05, 3.63) is 80.0 Å². The monoisotopic (exact) mass is 595 g/mol. The van der Waals surface area contributed by atoms with E-state index in [4.69, 9.17) is 23.2 Å². The number of anilines is 3. The number of amides is 1. The number of hydrogen-bond donors (Lipinski definition) is 2. The molecule has 4 rings (SSSR count). The minimum atomic E-state index is -4.71. The molecule has 0 aliphatic heterocycles. The van der Waals surface area contributed by atoms with Crippen molar-refractivity contribution in [2.24, 2.45) is 0 Å². The molecule has 0 fully saturated rings. The van der Waals surface area contributed by atoms with Crippen LogP contribution in [-0.4, -0.2) is 36.6 Å². The van der Waals surface area contributed by atoms with Crippen LogP contribution in [0.1, 0.15) is 55.7 Å². The fraction of sp³-hybridized carbons (Fsp3) is 0.208. The van der Waals surface area contributed by atoms with E-state index in [-0.39, 0.29) is 39.4 Å². The van der Waals surface area contributed by atoms with E-state index < -0.39 is 28.6 Å². The number of ketones is 1. The lowest BCUT2D eigenvalue weighted by Crippen LogP contribution is -2.13. The van der Waals surface area contributed by atoms with E-state index in [0.717, 1.165) is 23.2 Å². The highest BCUT2D eigenvalue weighted by atomic mass is 35.5. The van der Waals surface area contributed by atoms with E-state index in [9.17, 15) is 22.8 Å². The van der Waals surface area contributed by atoms with Crippen LogP contribution in [0.15, 0.2) is 43.1 Å². The third kappa shape index (κ3) is 6.85. The van der Waals surface area contributed by atoms with Gasteiger partial charge in [0, 0.05) is 24.2 Å². The molecule has 4 heterocycles. The van der Waals surface area contributed by atoms with Crippen LogP contribution in [0.5, 0.6) is 0 Å². The summed E-state index contributed by atoms with van der Waals surface area (Å²) in [7, 11) is 0. The van der Waals surface area contributed by atoms with Crippen molar-refractivity contribution in [1.29, 1.82) is 0 Å². The Hall–Kier alpha value is -3.68. The van der Waals surface area contributed by atoms with Crippen LogP contribution in [0.4, 0.5) is 30.5 Å². The number of carbonyl (C=O) groups excluding carboxylic acids is 2. The van der Waals surface area contributed by atoms with E-state index in [1.165, 1.54) is 12.5 Å². The number of halogens is 5. The highest BCUT2D eigenvalue weighted by molar-refractivity contribution is 7.13. The normalized spacial score (nSPS) is 12.2. The van der Waals surface area contributed by atoms with Crippen LogP contribution in [0.2, 0.25) is 10.0 Å². The Labute approximate surface area is 233 Å². The van der Waals surface area contributed by atoms with Crippen molar-refractivity contribution in [1.82, 2.24) is 24.9 Å². The maximum Gasteiger partial charge on any atom is 0.418 e. The number of thiazole rings is 1. The van der Waals surface area contributed by atoms with Crippen LogP contribution >= 0.6 is 34.5 Å². The highest BCUT2D eigenvalue weighted by Crippen LogP contribution is 2.35. The number of aryl methyl sites for hydroxylation is 1. The number of nitrogens with zero attached hydrogens (tertiary/aromatic N) is 5. The predicted octanol–water partition coefficient (Wildman–Crippen LogP) is 6.73. The predicted molar refractivity (Wildman–Crippen MR) is 141 cm³/mol. The van der Waals surface area contributed by atoms with Gasteiger partial charge in [-0.05, 0) is 25.1 Å². The third-order valence-electron chi connectivity index (χ3n) is 5.29. The zero-order valence-electron chi connectivity index (χ0n) is 20.2. The second-order valence-corrected chi connectivity index (χ2v) is 10.1. The van der Waals surface area contributed by atoms with E-state index in [0.29, 0.717) is 16.8 Å². The van der Waals surface area contributed by atoms with Gasteiger partial charge >= 0.3 is 6.18 Å². The molecule has 0 saturated heterocycles. The molecular formula is C24H18Cl2F3N7O2S. The molecule has 0 aliphatic rings. The summed E-state index contributed by atoms with van der Waals surface area (Å²) in [6.45, 7) is 3.59. The van der Waals surface area contributed by atoms with Gasteiger partial charge in [-0.1, -0.05) is 30.1 Å². The topological polar surface area (TPSA) is 123 Å². The first kappa shape index (κ1) is 28.3. The standard InChI is InChI=1S/C24H18Cl2F3N7O2S/c1-11(5-16(37)20-19(26)21(34-10-33-20)35-13-4-3-12(2)30-7-13)23-32-9-17(39-23)22(38)36-18-6-14(24(27,28)29)15(25)8-31-18/h3-4,6-11H,5H2,1-2H3,(H,31,36,38)(H,33,34,35). The molecular weight excluding hydrogens is 578 g/mol. The molecule has 4 aromatic heterocycles. The van der Waals surface area contributed by atoms with Crippen molar-refractivity contribution in [3.63, 3.8) is 0 Å². The van der Waals surface area contributed by atoms with Gasteiger partial charge < -0.3 is 10.6 Å². The van der Waals surface area contributed by atoms with Crippen LogP contribution in [0.3, 0.4) is 0 Å². The molecule has 1 unspecified atom stereocenters. The van der Waals surface area contributed by atoms with E-state index in [2.05, 4.69) is 35.6 Å². The average molecular weight is 596 g/mol. The fourth-order valence-electron chi connectivity index (χ4n) is 3.31. The molecule has 1 amide bonds. The lowest BCUT2D eigenvalue weighted by molar-refractivity contribution is -0.137. The van der Waals surface area contributed by atoms with Crippen LogP contribution in [-0.2, 0) is 6.18 Å². The summed E-state index contributed by atoms with van der Waals surface area (Å²) in [6.07, 6.45) is 0.167. The summed E-state index contributed by atoms with van der Waals surface area (Å²) >= 11 is 13.0. The SMILES string of the molecule is Cc1ccc(Nc2ncnc(C(=O)CC(C)c3ncc(C(=O)Nc4cc(C(F)(F)F)c(Cl)cn4)s3)c2Cl)cn1. The van der Waals surface area contributed by atoms with Gasteiger partial charge in [-0.2, -0.15) is 13.2 Å². The quantitative estimate of drug-likeness (QED) is 0.215. The number of aromatic nitrogens is 5. The summed E-state index contributed by atoms with van der Waals surface area (Å²) in [6, 6.07) is 4.24. The highest BCUT2D eigenvalue weighted by Gasteiger charge is 2.34. The summed E-state index contributed by atoms with van der Waals surface area (Å²) in [5.41, 5.74) is 0.359. The molecule has 1 atom stereocenters. The van der Waals surface area contributed by atoms with Crippen LogP contribution < -0.4 is 10.6 Å². The smallest absolute Gasteiger partial charge is 0.338 e. The molecule has 0 spiro atoms. The van der Waals surface area contributed by atoms with Crippen molar-refractivity contribution in [2.75, 3.05) is 10.6 Å². The zero-order chi connectivity index (χ0) is 28.3. The van der Waals surface area contributed by atoms with Gasteiger partial charge in [-0.15, -0.1) is 11.3 Å². The third-order valence-corrected chi connectivity index (χ3v) is 7.18. The van der Waals surface area contributed by atoms with E-state index in [1.54, 1.807) is 25.3 Å². The minimum Gasteiger partial charge on any atom is -0.338 e. The summed E-state index contributed by atoms with van der Waals surface area (Å²) in [5, 5.41) is 5.23. The first-order valence-electron chi connectivity index (χ1n) is 11.2. The van der Waals surface area contributed by atoms with Gasteiger partial charge in [0.2, 0.25) is 0 Å². The second-order valence-electron chi connectivity index (χ2n) is 8.29. The number of nitrogens with one attached hydrogen (secondary N) is 2. The number of rotatable bonds is 8. The number of hydrogen-bond acceptors (Lipinski definition) is 9. The van der Waals surface area contributed by atoms with Gasteiger partial charge in [0.25, 0.3) is 5.91 Å². The van der Waals surface area contributed by atoms with E-state index in [1.807, 2.05) is 6.92 Å². The fourth-order valence-corrected chi connectivity index (χ4v) is 4.64. The largest absolute Gasteiger partial charge is 0.418 e. The zero-order valence-corrected chi connectivity index (χ0v) is 22.5. The minimum absolute atomic E-state index is 0.0184. The Bertz CT molecular complexity index is 1530. The van der Waals surface area contributed by atoms with Crippen molar-refractivity contribution in [3.8, 4) is 0 Å². The first-order chi connectivity index (χ1) is 18.4. The molecule has 9 nitrogen and oxygen atoms in total. The maximum atomic E-state index is 13.1. The molecule has 0 aromatic carbocycles. The number of Topliss-reactive ketones (excluding diaryl/α,β-unsaturated/α-hetero) is 1. The van der Waals surface area contributed by atoms with Gasteiger partial charge in [0.1, 0.15) is 27.7 Å². The van der Waals surface area contributed by atoms with Crippen LogP contribution in [0, 0.1) is 6.92 Å². The Balaban J connectivity index is 1.43. The van der Waals surface area contributed by atoms with Crippen LogP contribution in [0.25, 0.3) is 0 Å². The van der Waals surface area contributed by atoms with Gasteiger partial charge in [0.15, 0.2) is 11.6 Å². The summed E-state index contributed by atoms with van der Waals surface area (Å²) < 4.78 is 39.3. The molecule has 0 saturated carbocycles. The number of alkyl halides is 3. The molecule has 39 heavy (non-hydrogen) atoms. The molecule has 0 bridgehead atoms. The summed E-state index contributed by atoms with van der Waals surface area (Å²) in [5.74, 6) is -1.57. The molecule has 202 valence electrons. The first-order valence-corrected chi connectivity index (χ1v) is 12.7. The Morgan fingerprint density at radius 3 is 2.51 bits per heavy atom. The van der Waals surface area contributed by atoms with Crippen molar-refractivity contribution < 1.29 is 22.8 Å². The molecule has 4 aromatic rings. The lowest BCUT2D eigenvalue weighted by Gasteiger charge is -2.11. The number of carbonyl (C=O) groups is 2. The number of pyridine rings is 2. The second kappa shape index (κ2) is 11.6. The molecule has 15 heteroatoms. The lowest BCUT2D eigenvalue weighted by atomic mass is 10.0. The maximum absolute atomic E-state index is 13.1. The van der Waals surface area contributed by atoms with E-state index >= 15 is 0 Å². The molecule has 2 N–H and O–H groups in total. The van der Waals surface area contributed by atoms with Gasteiger partial charge in [0.05, 0.1) is 33.7 Å². The Kier molecular flexibility index (Phi) is 8.42. The summed E-state index contributed by atoms with van der Waals surface area (Å²) in [4.78, 5) is 45.9. The van der Waals surface area contributed by atoms with Gasteiger partial charge in [-0.25, -0.2) is 19.9 Å². The molecule has 0 aliphatic carbocycles. The average Bonchev–Trinajstić information content (AvgIpc) is 3.38. The molecule has 0 radical (unpaired) electrons. The van der Waals surface area contributed by atoms with Crippen molar-refractivity contribution in [2.45, 2.75) is 32.4 Å².